The van der Waals surface area contributed by atoms with E-state index in [0.29, 0.717) is 12.8 Å². The van der Waals surface area contributed by atoms with Crippen molar-refractivity contribution in [3.8, 4) is 0 Å². The molecule has 0 aliphatic rings. The van der Waals surface area contributed by atoms with Gasteiger partial charge in [0.25, 0.3) is 0 Å². The molecule has 16 heavy (non-hydrogen) atoms. The average Bonchev–Trinajstić information content (AvgIpc) is 2.22. The quantitative estimate of drug-likeness (QED) is 0.774. The fourth-order valence-corrected chi connectivity index (χ4v) is 1.31. The summed E-state index contributed by atoms with van der Waals surface area (Å²) in [4.78, 5) is 10.9. The average molecular weight is 219 g/mol. The Bertz CT molecular complexity index is 331. The molecular weight excluding hydrogens is 198 g/mol. The minimum Gasteiger partial charge on any atom is -0.313 e. The van der Waals surface area contributed by atoms with Crippen LogP contribution in [0.15, 0.2) is 24.3 Å². The monoisotopic (exact) mass is 219 g/mol. The second-order valence-electron chi connectivity index (χ2n) is 3.76. The minimum atomic E-state index is 0.164. The fourth-order valence-electron chi connectivity index (χ4n) is 1.31. The first-order valence-corrected chi connectivity index (χ1v) is 5.70. The predicted octanol–water partition coefficient (Wildman–Crippen LogP) is 3.43. The number of Topliss-reactive ketones (excluding diaryl/α,β-unsaturated/α-hetero) is 1. The van der Waals surface area contributed by atoms with Crippen molar-refractivity contribution < 1.29 is 4.79 Å². The summed E-state index contributed by atoms with van der Waals surface area (Å²) in [7, 11) is 0. The van der Waals surface area contributed by atoms with E-state index in [-0.39, 0.29) is 5.78 Å². The Morgan fingerprint density at radius 3 is 2.19 bits per heavy atom. The van der Waals surface area contributed by atoms with E-state index in [9.17, 15) is 4.79 Å². The third kappa shape index (κ3) is 6.12. The number of hydrogen-bond donors (Lipinski definition) is 1. The van der Waals surface area contributed by atoms with Crippen molar-refractivity contribution >= 4 is 12.0 Å². The lowest BCUT2D eigenvalue weighted by molar-refractivity contribution is -0.116. The molecule has 88 valence electrons. The highest BCUT2D eigenvalue weighted by Gasteiger charge is 2.02. The molecule has 0 aromatic heterocycles. The summed E-state index contributed by atoms with van der Waals surface area (Å²) in [6.45, 7) is 5.83. The van der Waals surface area contributed by atoms with Gasteiger partial charge in [-0.25, -0.2) is 0 Å². The van der Waals surface area contributed by atoms with Crippen LogP contribution in [-0.4, -0.2) is 12.0 Å². The maximum atomic E-state index is 10.9. The molecule has 1 N–H and O–H groups in total. The normalized spacial score (nSPS) is 8.94. The zero-order chi connectivity index (χ0) is 12.4. The van der Waals surface area contributed by atoms with Crippen molar-refractivity contribution in [2.75, 3.05) is 0 Å². The SMILES string of the molecule is CC(=O)Cc1ccccc1CC=N.CCC. The summed E-state index contributed by atoms with van der Waals surface area (Å²) in [5.74, 6) is 0.164. The van der Waals surface area contributed by atoms with Gasteiger partial charge in [0, 0.05) is 12.8 Å². The van der Waals surface area contributed by atoms with Crippen LogP contribution in [0.5, 0.6) is 0 Å². The number of carbonyl (C=O) groups excluding carboxylic acids is 1. The van der Waals surface area contributed by atoms with Crippen molar-refractivity contribution in [1.82, 2.24) is 0 Å². The van der Waals surface area contributed by atoms with Crippen LogP contribution < -0.4 is 0 Å². The third-order valence-electron chi connectivity index (χ3n) is 1.88. The van der Waals surface area contributed by atoms with Gasteiger partial charge in [-0.15, -0.1) is 0 Å². The van der Waals surface area contributed by atoms with Gasteiger partial charge < -0.3 is 5.41 Å². The van der Waals surface area contributed by atoms with Gasteiger partial charge in [0.15, 0.2) is 0 Å². The lowest BCUT2D eigenvalue weighted by atomic mass is 10.0. The third-order valence-corrected chi connectivity index (χ3v) is 1.88. The summed E-state index contributed by atoms with van der Waals surface area (Å²) in [5.41, 5.74) is 2.12. The molecule has 0 heterocycles. The number of benzene rings is 1. The van der Waals surface area contributed by atoms with Crippen molar-refractivity contribution in [2.24, 2.45) is 0 Å². The van der Waals surface area contributed by atoms with Crippen LogP contribution in [0.25, 0.3) is 0 Å². The van der Waals surface area contributed by atoms with Gasteiger partial charge in [0.2, 0.25) is 0 Å². The van der Waals surface area contributed by atoms with Gasteiger partial charge in [-0.05, 0) is 24.3 Å². The van der Waals surface area contributed by atoms with Crippen LogP contribution in [-0.2, 0) is 17.6 Å². The molecule has 0 saturated heterocycles. The highest BCUT2D eigenvalue weighted by Crippen LogP contribution is 2.09. The van der Waals surface area contributed by atoms with Gasteiger partial charge in [0.1, 0.15) is 5.78 Å². The van der Waals surface area contributed by atoms with Gasteiger partial charge >= 0.3 is 0 Å². The molecular formula is C14H21NO. The number of ketones is 1. The number of hydrogen-bond acceptors (Lipinski definition) is 2. The summed E-state index contributed by atoms with van der Waals surface area (Å²) < 4.78 is 0. The molecule has 0 fully saturated rings. The molecule has 0 spiro atoms. The number of carbonyl (C=O) groups is 1. The van der Waals surface area contributed by atoms with E-state index in [1.165, 1.54) is 12.6 Å². The van der Waals surface area contributed by atoms with E-state index in [1.807, 2.05) is 24.3 Å². The van der Waals surface area contributed by atoms with Crippen molar-refractivity contribution in [1.29, 1.82) is 5.41 Å². The Morgan fingerprint density at radius 1 is 1.25 bits per heavy atom. The van der Waals surface area contributed by atoms with Crippen LogP contribution in [0.2, 0.25) is 0 Å². The van der Waals surface area contributed by atoms with E-state index in [0.717, 1.165) is 11.1 Å². The van der Waals surface area contributed by atoms with E-state index < -0.39 is 0 Å². The largest absolute Gasteiger partial charge is 0.313 e. The van der Waals surface area contributed by atoms with Gasteiger partial charge in [-0.2, -0.15) is 0 Å². The van der Waals surface area contributed by atoms with Gasteiger partial charge in [-0.1, -0.05) is 44.5 Å². The molecule has 0 aliphatic heterocycles. The van der Waals surface area contributed by atoms with E-state index in [2.05, 4.69) is 13.8 Å². The Kier molecular flexibility index (Phi) is 8.04. The molecule has 0 atom stereocenters. The molecule has 1 aromatic rings. The van der Waals surface area contributed by atoms with Crippen LogP contribution in [0.1, 0.15) is 38.3 Å². The Hall–Kier alpha value is -1.44. The lowest BCUT2D eigenvalue weighted by Crippen LogP contribution is -2.01. The molecule has 0 bridgehead atoms. The van der Waals surface area contributed by atoms with E-state index in [1.54, 1.807) is 6.92 Å². The summed E-state index contributed by atoms with van der Waals surface area (Å²) >= 11 is 0. The maximum absolute atomic E-state index is 10.9. The highest BCUT2D eigenvalue weighted by molar-refractivity contribution is 5.78. The Balaban J connectivity index is 0.000000673. The molecule has 1 rings (SSSR count). The molecule has 0 radical (unpaired) electrons. The number of nitrogens with one attached hydrogen (secondary N) is 1. The van der Waals surface area contributed by atoms with Crippen LogP contribution in [0.4, 0.5) is 0 Å². The van der Waals surface area contributed by atoms with Crippen LogP contribution in [0.3, 0.4) is 0 Å². The van der Waals surface area contributed by atoms with E-state index in [4.69, 9.17) is 5.41 Å². The van der Waals surface area contributed by atoms with E-state index >= 15 is 0 Å². The van der Waals surface area contributed by atoms with Crippen LogP contribution in [0, 0.1) is 5.41 Å². The topological polar surface area (TPSA) is 40.9 Å². The molecule has 0 saturated carbocycles. The van der Waals surface area contributed by atoms with Gasteiger partial charge in [0.05, 0.1) is 0 Å². The summed E-state index contributed by atoms with van der Waals surface area (Å²) in [5, 5.41) is 7.01. The lowest BCUT2D eigenvalue weighted by Gasteiger charge is -2.04. The van der Waals surface area contributed by atoms with Crippen molar-refractivity contribution in [3.63, 3.8) is 0 Å². The maximum Gasteiger partial charge on any atom is 0.134 e. The predicted molar refractivity (Wildman–Crippen MR) is 69.3 cm³/mol. The molecule has 2 nitrogen and oxygen atoms in total. The van der Waals surface area contributed by atoms with Gasteiger partial charge in [-0.3, -0.25) is 4.79 Å². The first-order valence-electron chi connectivity index (χ1n) is 5.70. The second-order valence-corrected chi connectivity index (χ2v) is 3.76. The Morgan fingerprint density at radius 2 is 1.75 bits per heavy atom. The number of rotatable bonds is 4. The van der Waals surface area contributed by atoms with Crippen molar-refractivity contribution in [3.05, 3.63) is 35.4 Å². The highest BCUT2D eigenvalue weighted by atomic mass is 16.1. The van der Waals surface area contributed by atoms with Crippen molar-refractivity contribution in [2.45, 2.75) is 40.0 Å². The second kappa shape index (κ2) is 8.84. The molecule has 0 aliphatic carbocycles. The zero-order valence-electron chi connectivity index (χ0n) is 10.4. The minimum absolute atomic E-state index is 0.164. The first kappa shape index (κ1) is 14.6. The summed E-state index contributed by atoms with van der Waals surface area (Å²) in [6, 6.07) is 7.76. The fraction of sp³-hybridized carbons (Fsp3) is 0.429. The molecule has 0 unspecified atom stereocenters. The van der Waals surface area contributed by atoms with Crippen LogP contribution >= 0.6 is 0 Å². The summed E-state index contributed by atoms with van der Waals surface area (Å²) in [6.07, 6.45) is 3.70. The standard InChI is InChI=1S/C11H13NO.C3H8/c1-9(13)8-11-5-3-2-4-10(11)6-7-12;1-3-2/h2-5,7,12H,6,8H2,1H3;3H2,1-2H3. The Labute approximate surface area is 98.2 Å². The smallest absolute Gasteiger partial charge is 0.134 e. The first-order chi connectivity index (χ1) is 7.65. The molecule has 0 amide bonds. The molecule has 1 aromatic carbocycles. The zero-order valence-corrected chi connectivity index (χ0v) is 10.4. The molecule has 2 heteroatoms.